The summed E-state index contributed by atoms with van der Waals surface area (Å²) < 4.78 is 0. The number of allylic oxidation sites excluding steroid dienone is 1. The number of nitrogens with one attached hydrogen (secondary N) is 1. The molecule has 1 saturated carbocycles. The maximum Gasteiger partial charge on any atom is 0.186 e. The molecule has 0 aromatic heterocycles. The fourth-order valence-corrected chi connectivity index (χ4v) is 3.01. The minimum absolute atomic E-state index is 0.0751. The number of rotatable bonds is 3. The lowest BCUT2D eigenvalue weighted by Crippen LogP contribution is -2.02. The van der Waals surface area contributed by atoms with Crippen molar-refractivity contribution in [1.82, 2.24) is 0 Å². The van der Waals surface area contributed by atoms with E-state index in [-0.39, 0.29) is 11.4 Å². The van der Waals surface area contributed by atoms with Crippen LogP contribution in [0.4, 0.5) is 5.69 Å². The third-order valence-corrected chi connectivity index (χ3v) is 4.19. The summed E-state index contributed by atoms with van der Waals surface area (Å²) in [5, 5.41) is 13.0. The third-order valence-electron chi connectivity index (χ3n) is 3.19. The molecule has 3 rings (SSSR count). The minimum Gasteiger partial charge on any atom is -0.349 e. The monoisotopic (exact) mass is 256 g/mol. The summed E-state index contributed by atoms with van der Waals surface area (Å²) in [7, 11) is 0. The van der Waals surface area contributed by atoms with Crippen molar-refractivity contribution in [3.05, 3.63) is 40.4 Å². The number of thioether (sulfide) groups is 1. The van der Waals surface area contributed by atoms with Crippen molar-refractivity contribution in [2.24, 2.45) is 0 Å². The van der Waals surface area contributed by atoms with Gasteiger partial charge < -0.3 is 5.32 Å². The Morgan fingerprint density at radius 2 is 2.11 bits per heavy atom. The number of para-hydroxylation sites is 1. The largest absolute Gasteiger partial charge is 0.349 e. The number of hydrogen-bond donors (Lipinski definition) is 1. The number of anilines is 1. The van der Waals surface area contributed by atoms with Gasteiger partial charge in [0.1, 0.15) is 11.6 Å². The van der Waals surface area contributed by atoms with Gasteiger partial charge in [-0.1, -0.05) is 30.0 Å². The summed E-state index contributed by atoms with van der Waals surface area (Å²) in [6.07, 6.45) is 2.46. The smallest absolute Gasteiger partial charge is 0.186 e. The Bertz CT molecular complexity index is 582. The van der Waals surface area contributed by atoms with Gasteiger partial charge in [-0.3, -0.25) is 4.79 Å². The highest BCUT2D eigenvalue weighted by atomic mass is 32.2. The minimum atomic E-state index is -0.0751. The molecule has 0 bridgehead atoms. The second kappa shape index (κ2) is 4.51. The predicted octanol–water partition coefficient (Wildman–Crippen LogP) is 3.03. The fraction of sp³-hybridized carbons (Fsp3) is 0.286. The predicted molar refractivity (Wildman–Crippen MR) is 72.1 cm³/mol. The number of Topliss-reactive ketones (excluding diaryl/α,β-unsaturated/α-hetero) is 1. The van der Waals surface area contributed by atoms with Gasteiger partial charge in [0.2, 0.25) is 0 Å². The second-order valence-corrected chi connectivity index (χ2v) is 5.50. The van der Waals surface area contributed by atoms with Crippen molar-refractivity contribution in [1.29, 1.82) is 5.26 Å². The van der Waals surface area contributed by atoms with E-state index in [1.165, 1.54) is 30.2 Å². The van der Waals surface area contributed by atoms with Gasteiger partial charge in [0.05, 0.1) is 10.8 Å². The van der Waals surface area contributed by atoms with Crippen LogP contribution in [-0.2, 0) is 4.79 Å². The molecule has 1 N–H and O–H groups in total. The normalized spacial score (nSPS) is 18.9. The highest BCUT2D eigenvalue weighted by Gasteiger charge is 2.28. The second-order valence-electron chi connectivity index (χ2n) is 4.51. The van der Waals surface area contributed by atoms with E-state index in [0.717, 1.165) is 5.69 Å². The van der Waals surface area contributed by atoms with E-state index in [0.29, 0.717) is 16.7 Å². The Balaban J connectivity index is 1.91. The van der Waals surface area contributed by atoms with Gasteiger partial charge in [-0.25, -0.2) is 0 Å². The van der Waals surface area contributed by atoms with Crippen molar-refractivity contribution in [2.45, 2.75) is 18.8 Å². The van der Waals surface area contributed by atoms with Gasteiger partial charge >= 0.3 is 0 Å². The molecule has 1 aromatic carbocycles. The standard InChI is InChI=1S/C14H12N2OS/c15-7-11-13(17)8-18-14(11)16-12-4-2-1-3-10(12)9-5-6-9/h1-4,9,16H,5-6,8H2. The summed E-state index contributed by atoms with van der Waals surface area (Å²) in [6, 6.07) is 10.1. The first kappa shape index (κ1) is 11.4. The van der Waals surface area contributed by atoms with E-state index in [2.05, 4.69) is 11.4 Å². The van der Waals surface area contributed by atoms with Crippen molar-refractivity contribution in [3.63, 3.8) is 0 Å². The van der Waals surface area contributed by atoms with Gasteiger partial charge in [0.15, 0.2) is 5.78 Å². The number of carbonyl (C=O) groups excluding carboxylic acids is 1. The molecule has 90 valence electrons. The Morgan fingerprint density at radius 1 is 1.33 bits per heavy atom. The average molecular weight is 256 g/mol. The molecule has 1 aromatic rings. The molecule has 3 nitrogen and oxygen atoms in total. The van der Waals surface area contributed by atoms with Crippen LogP contribution in [0.1, 0.15) is 24.3 Å². The number of hydrogen-bond acceptors (Lipinski definition) is 4. The Labute approximate surface area is 110 Å². The molecule has 0 spiro atoms. The zero-order valence-electron chi connectivity index (χ0n) is 9.77. The molecule has 1 fully saturated rings. The number of benzene rings is 1. The molecule has 18 heavy (non-hydrogen) atoms. The first-order valence-electron chi connectivity index (χ1n) is 5.96. The number of ketones is 1. The van der Waals surface area contributed by atoms with E-state index in [4.69, 9.17) is 5.26 Å². The van der Waals surface area contributed by atoms with Crippen LogP contribution in [0, 0.1) is 11.3 Å². The molecule has 0 atom stereocenters. The maximum absolute atomic E-state index is 11.5. The van der Waals surface area contributed by atoms with Crippen LogP contribution in [0.15, 0.2) is 34.9 Å². The van der Waals surface area contributed by atoms with E-state index < -0.39 is 0 Å². The summed E-state index contributed by atoms with van der Waals surface area (Å²) in [6.45, 7) is 0. The number of nitrogens with zero attached hydrogens (tertiary/aromatic N) is 1. The highest BCUT2D eigenvalue weighted by molar-refractivity contribution is 8.04. The van der Waals surface area contributed by atoms with Crippen molar-refractivity contribution in [2.75, 3.05) is 11.1 Å². The highest BCUT2D eigenvalue weighted by Crippen LogP contribution is 2.44. The Morgan fingerprint density at radius 3 is 2.83 bits per heavy atom. The molecule has 4 heteroatoms. The summed E-state index contributed by atoms with van der Waals surface area (Å²) >= 11 is 1.42. The zero-order chi connectivity index (χ0) is 12.5. The third kappa shape index (κ3) is 2.02. The molecule has 0 amide bonds. The SMILES string of the molecule is N#CC1=C(Nc2ccccc2C2CC2)SCC1=O. The van der Waals surface area contributed by atoms with Gasteiger partial charge in [0, 0.05) is 5.69 Å². The molecular weight excluding hydrogens is 244 g/mol. The lowest BCUT2D eigenvalue weighted by molar-refractivity contribution is -0.112. The van der Waals surface area contributed by atoms with Gasteiger partial charge in [0.25, 0.3) is 0 Å². The fourth-order valence-electron chi connectivity index (χ4n) is 2.10. The van der Waals surface area contributed by atoms with Crippen LogP contribution < -0.4 is 5.32 Å². The number of nitriles is 1. The van der Waals surface area contributed by atoms with E-state index in [1.807, 2.05) is 24.3 Å². The van der Waals surface area contributed by atoms with E-state index >= 15 is 0 Å². The topological polar surface area (TPSA) is 52.9 Å². The molecule has 1 aliphatic carbocycles. The Hall–Kier alpha value is -1.73. The first-order chi connectivity index (χ1) is 8.79. The van der Waals surface area contributed by atoms with Gasteiger partial charge in [-0.05, 0) is 30.4 Å². The van der Waals surface area contributed by atoms with E-state index in [9.17, 15) is 4.79 Å². The maximum atomic E-state index is 11.5. The molecule has 0 radical (unpaired) electrons. The first-order valence-corrected chi connectivity index (χ1v) is 6.94. The average Bonchev–Trinajstić information content (AvgIpc) is 3.16. The van der Waals surface area contributed by atoms with Crippen LogP contribution in [0.3, 0.4) is 0 Å². The van der Waals surface area contributed by atoms with Crippen LogP contribution in [0.2, 0.25) is 0 Å². The molecule has 2 aliphatic rings. The zero-order valence-corrected chi connectivity index (χ0v) is 10.6. The van der Waals surface area contributed by atoms with Crippen molar-refractivity contribution >= 4 is 23.2 Å². The summed E-state index contributed by atoms with van der Waals surface area (Å²) in [5.41, 5.74) is 2.60. The van der Waals surface area contributed by atoms with E-state index in [1.54, 1.807) is 0 Å². The molecule has 0 saturated heterocycles. The molecular formula is C14H12N2OS. The van der Waals surface area contributed by atoms with Gasteiger partial charge in [-0.2, -0.15) is 5.26 Å². The Kier molecular flexibility index (Phi) is 2.85. The van der Waals surface area contributed by atoms with Crippen molar-refractivity contribution < 1.29 is 4.79 Å². The van der Waals surface area contributed by atoms with Crippen LogP contribution in [0.25, 0.3) is 0 Å². The van der Waals surface area contributed by atoms with Crippen LogP contribution >= 0.6 is 11.8 Å². The molecule has 1 aliphatic heterocycles. The quantitative estimate of drug-likeness (QED) is 0.903. The summed E-state index contributed by atoms with van der Waals surface area (Å²) in [5.74, 6) is 0.937. The lowest BCUT2D eigenvalue weighted by atomic mass is 10.1. The lowest BCUT2D eigenvalue weighted by Gasteiger charge is -2.11. The van der Waals surface area contributed by atoms with Crippen LogP contribution in [-0.4, -0.2) is 11.5 Å². The van der Waals surface area contributed by atoms with Crippen molar-refractivity contribution in [3.8, 4) is 6.07 Å². The molecule has 0 unspecified atom stereocenters. The van der Waals surface area contributed by atoms with Crippen LogP contribution in [0.5, 0.6) is 0 Å². The number of carbonyl (C=O) groups is 1. The molecule has 1 heterocycles. The van der Waals surface area contributed by atoms with Gasteiger partial charge in [-0.15, -0.1) is 0 Å². The summed E-state index contributed by atoms with van der Waals surface area (Å²) in [4.78, 5) is 11.5.